The van der Waals surface area contributed by atoms with Crippen molar-refractivity contribution in [2.45, 2.75) is 58.3 Å². The molecule has 2 heterocycles. The van der Waals surface area contributed by atoms with E-state index in [1.807, 2.05) is 50.2 Å². The molecule has 1 unspecified atom stereocenters. The number of nitrogens with zero attached hydrogens (tertiary/aromatic N) is 2. The Morgan fingerprint density at radius 1 is 1.11 bits per heavy atom. The lowest BCUT2D eigenvalue weighted by atomic mass is 9.77. The van der Waals surface area contributed by atoms with Gasteiger partial charge in [0.2, 0.25) is 5.91 Å². The summed E-state index contributed by atoms with van der Waals surface area (Å²) in [6.45, 7) is 6.67. The van der Waals surface area contributed by atoms with Crippen molar-refractivity contribution in [2.75, 3.05) is 25.1 Å². The summed E-state index contributed by atoms with van der Waals surface area (Å²) in [6, 6.07) is 11.2. The second kappa shape index (κ2) is 9.85. The first-order valence-corrected chi connectivity index (χ1v) is 12.0. The Hall–Kier alpha value is -3.13. The van der Waals surface area contributed by atoms with Gasteiger partial charge in [-0.2, -0.15) is 0 Å². The fraction of sp³-hybridized carbons (Fsp3) is 0.481. The van der Waals surface area contributed by atoms with E-state index in [1.54, 1.807) is 18.9 Å². The lowest BCUT2D eigenvalue weighted by Crippen LogP contribution is -2.43. The third-order valence-electron chi connectivity index (χ3n) is 7.12. The van der Waals surface area contributed by atoms with Crippen LogP contribution in [-0.2, 0) is 23.4 Å². The molecule has 1 fully saturated rings. The third-order valence-corrected chi connectivity index (χ3v) is 7.12. The number of piperidine rings is 1. The molecule has 35 heavy (non-hydrogen) atoms. The molecule has 1 atom stereocenters. The maximum absolute atomic E-state index is 13.0. The molecule has 2 aliphatic heterocycles. The Balaban J connectivity index is 1.52. The van der Waals surface area contributed by atoms with Gasteiger partial charge in [0.05, 0.1) is 31.8 Å². The van der Waals surface area contributed by atoms with Gasteiger partial charge in [-0.25, -0.2) is 4.79 Å². The van der Waals surface area contributed by atoms with Crippen LogP contribution in [0.1, 0.15) is 50.3 Å². The molecule has 0 spiro atoms. The van der Waals surface area contributed by atoms with Crippen LogP contribution < -0.4 is 14.4 Å². The van der Waals surface area contributed by atoms with Gasteiger partial charge in [0.1, 0.15) is 0 Å². The van der Waals surface area contributed by atoms with Crippen molar-refractivity contribution < 1.29 is 28.6 Å². The molecule has 4 rings (SSSR count). The molecule has 1 saturated heterocycles. The summed E-state index contributed by atoms with van der Waals surface area (Å²) in [7, 11) is 1.59. The van der Waals surface area contributed by atoms with Crippen LogP contribution in [0, 0.1) is 5.92 Å². The van der Waals surface area contributed by atoms with Gasteiger partial charge in [-0.15, -0.1) is 4.39 Å². The number of rotatable bonds is 6. The van der Waals surface area contributed by atoms with Crippen LogP contribution in [0.3, 0.4) is 0 Å². The molecular formula is C27H33FN2O5. The average molecular weight is 485 g/mol. The minimum absolute atomic E-state index is 0.00619. The highest BCUT2D eigenvalue weighted by Crippen LogP contribution is 2.39. The Kier molecular flexibility index (Phi) is 7.03. The average Bonchev–Trinajstić information content (AvgIpc) is 2.83. The summed E-state index contributed by atoms with van der Waals surface area (Å²) in [6.07, 6.45) is -0.111. The number of amides is 2. The van der Waals surface area contributed by atoms with E-state index in [4.69, 9.17) is 9.47 Å². The summed E-state index contributed by atoms with van der Waals surface area (Å²) in [5, 5.41) is 11.3. The monoisotopic (exact) mass is 484 g/mol. The highest BCUT2D eigenvalue weighted by Gasteiger charge is 2.37. The lowest BCUT2D eigenvalue weighted by Gasteiger charge is -2.39. The molecule has 2 aliphatic rings. The first-order valence-electron chi connectivity index (χ1n) is 12.0. The number of ether oxygens (including phenoxy) is 2. The SMILES string of the molecule is COc1cc2c(cc1OC(C)C)CN(c1ccc(C(C)(O)C3CCN(C(=O)F)CC3)cc1)C(=O)C2. The van der Waals surface area contributed by atoms with E-state index < -0.39 is 11.8 Å². The first-order chi connectivity index (χ1) is 16.6. The van der Waals surface area contributed by atoms with Crippen LogP contribution >= 0.6 is 0 Å². The second-order valence-electron chi connectivity index (χ2n) is 9.80. The van der Waals surface area contributed by atoms with Gasteiger partial charge in [-0.05, 0) is 80.5 Å². The Morgan fingerprint density at radius 3 is 2.31 bits per heavy atom. The first kappa shape index (κ1) is 25.0. The summed E-state index contributed by atoms with van der Waals surface area (Å²) >= 11 is 0. The molecule has 0 aliphatic carbocycles. The molecule has 2 aromatic rings. The Labute approximate surface area is 205 Å². The van der Waals surface area contributed by atoms with Crippen molar-refractivity contribution in [2.24, 2.45) is 5.92 Å². The Bertz CT molecular complexity index is 1090. The number of carbonyl (C=O) groups excluding carboxylic acids is 2. The number of halogens is 1. The van der Waals surface area contributed by atoms with Crippen molar-refractivity contribution >= 4 is 17.8 Å². The number of carbonyl (C=O) groups is 2. The minimum Gasteiger partial charge on any atom is -0.493 e. The van der Waals surface area contributed by atoms with Gasteiger partial charge in [-0.3, -0.25) is 4.79 Å². The lowest BCUT2D eigenvalue weighted by molar-refractivity contribution is -0.118. The van der Waals surface area contributed by atoms with Gasteiger partial charge < -0.3 is 24.4 Å². The molecule has 7 nitrogen and oxygen atoms in total. The zero-order valence-corrected chi connectivity index (χ0v) is 20.7. The van der Waals surface area contributed by atoms with Crippen LogP contribution in [0.4, 0.5) is 14.9 Å². The van der Waals surface area contributed by atoms with Crippen LogP contribution in [0.5, 0.6) is 11.5 Å². The standard InChI is InChI=1S/C27H33FN2O5/c1-17(2)35-24-14-19-16-30(25(31)15-18(19)13-23(24)34-4)22-7-5-20(6-8-22)27(3,33)21-9-11-29(12-10-21)26(28)32/h5-8,13-14,17,21,33H,9-12,15-16H2,1-4H3. The van der Waals surface area contributed by atoms with Crippen molar-refractivity contribution in [1.29, 1.82) is 0 Å². The normalized spacial score (nSPS) is 18.3. The maximum atomic E-state index is 13.0. The second-order valence-corrected chi connectivity index (χ2v) is 9.80. The summed E-state index contributed by atoms with van der Waals surface area (Å²) in [5.41, 5.74) is 2.29. The third kappa shape index (κ3) is 5.12. The van der Waals surface area contributed by atoms with Crippen molar-refractivity contribution in [3.05, 3.63) is 53.1 Å². The molecule has 1 N–H and O–H groups in total. The molecular weight excluding hydrogens is 451 g/mol. The number of benzene rings is 2. The summed E-state index contributed by atoms with van der Waals surface area (Å²) < 4.78 is 24.3. The van der Waals surface area contributed by atoms with Crippen molar-refractivity contribution in [3.8, 4) is 11.5 Å². The van der Waals surface area contributed by atoms with Crippen LogP contribution in [0.2, 0.25) is 0 Å². The molecule has 0 aromatic heterocycles. The predicted octanol–water partition coefficient (Wildman–Crippen LogP) is 4.58. The number of fused-ring (bicyclic) bond motifs is 1. The highest BCUT2D eigenvalue weighted by molar-refractivity contribution is 5.96. The molecule has 2 amide bonds. The molecule has 0 saturated carbocycles. The van der Waals surface area contributed by atoms with Gasteiger partial charge in [0.15, 0.2) is 11.5 Å². The van der Waals surface area contributed by atoms with Crippen LogP contribution in [0.25, 0.3) is 0 Å². The van der Waals surface area contributed by atoms with Gasteiger partial charge >= 0.3 is 6.16 Å². The quantitative estimate of drug-likeness (QED) is 0.480. The number of methoxy groups -OCH3 is 1. The number of hydrogen-bond donors (Lipinski definition) is 1. The van der Waals surface area contributed by atoms with Crippen LogP contribution in [-0.4, -0.2) is 48.4 Å². The van der Waals surface area contributed by atoms with Crippen molar-refractivity contribution in [1.82, 2.24) is 4.90 Å². The zero-order valence-electron chi connectivity index (χ0n) is 20.7. The fourth-order valence-corrected chi connectivity index (χ4v) is 5.05. The Morgan fingerprint density at radius 2 is 1.74 bits per heavy atom. The number of aliphatic hydroxyl groups is 1. The van der Waals surface area contributed by atoms with E-state index in [2.05, 4.69) is 0 Å². The van der Waals surface area contributed by atoms with E-state index in [0.29, 0.717) is 44.0 Å². The molecule has 0 bridgehead atoms. The number of hydrogen-bond acceptors (Lipinski definition) is 5. The topological polar surface area (TPSA) is 79.3 Å². The fourth-order valence-electron chi connectivity index (χ4n) is 5.05. The predicted molar refractivity (Wildman–Crippen MR) is 130 cm³/mol. The van der Waals surface area contributed by atoms with Gasteiger partial charge in [-0.1, -0.05) is 12.1 Å². The van der Waals surface area contributed by atoms with E-state index in [1.165, 1.54) is 4.90 Å². The minimum atomic E-state index is -1.42. The van der Waals surface area contributed by atoms with Crippen LogP contribution in [0.15, 0.2) is 36.4 Å². The van der Waals surface area contributed by atoms with E-state index in [0.717, 1.165) is 22.4 Å². The van der Waals surface area contributed by atoms with Gasteiger partial charge in [0, 0.05) is 18.8 Å². The maximum Gasteiger partial charge on any atom is 0.400 e. The number of likely N-dealkylation sites (tertiary alicyclic amines) is 1. The van der Waals surface area contributed by atoms with Crippen molar-refractivity contribution in [3.63, 3.8) is 0 Å². The smallest absolute Gasteiger partial charge is 0.400 e. The number of anilines is 1. The zero-order chi connectivity index (χ0) is 25.3. The van der Waals surface area contributed by atoms with E-state index in [9.17, 15) is 19.1 Å². The molecule has 188 valence electrons. The largest absolute Gasteiger partial charge is 0.493 e. The summed E-state index contributed by atoms with van der Waals surface area (Å²) in [4.78, 5) is 26.8. The highest BCUT2D eigenvalue weighted by atomic mass is 19.1. The molecule has 8 heteroatoms. The molecule has 2 aromatic carbocycles. The van der Waals surface area contributed by atoms with E-state index in [-0.39, 0.29) is 24.3 Å². The van der Waals surface area contributed by atoms with Gasteiger partial charge in [0.25, 0.3) is 0 Å². The summed E-state index contributed by atoms with van der Waals surface area (Å²) in [5.74, 6) is 1.16. The van der Waals surface area contributed by atoms with E-state index >= 15 is 0 Å². The molecule has 0 radical (unpaired) electrons.